The Labute approximate surface area is 125 Å². The summed E-state index contributed by atoms with van der Waals surface area (Å²) in [6.45, 7) is 4.05. The normalized spacial score (nSPS) is 22.7. The van der Waals surface area contributed by atoms with Crippen molar-refractivity contribution in [2.75, 3.05) is 0 Å². The Balaban J connectivity index is 2.28. The van der Waals surface area contributed by atoms with Crippen LogP contribution in [0, 0.1) is 11.3 Å². The van der Waals surface area contributed by atoms with Gasteiger partial charge in [-0.05, 0) is 56.9 Å². The van der Waals surface area contributed by atoms with Gasteiger partial charge in [0, 0.05) is 12.1 Å². The molecular formula is C17H20N2O2. The van der Waals surface area contributed by atoms with E-state index in [0.717, 1.165) is 19.3 Å². The molecule has 0 bridgehead atoms. The van der Waals surface area contributed by atoms with Crippen molar-refractivity contribution in [3.63, 3.8) is 0 Å². The zero-order chi connectivity index (χ0) is 15.4. The van der Waals surface area contributed by atoms with E-state index in [1.807, 2.05) is 19.9 Å². The van der Waals surface area contributed by atoms with Gasteiger partial charge in [-0.15, -0.1) is 0 Å². The summed E-state index contributed by atoms with van der Waals surface area (Å²) in [4.78, 5) is 14.4. The van der Waals surface area contributed by atoms with Crippen LogP contribution >= 0.6 is 0 Å². The van der Waals surface area contributed by atoms with Crippen LogP contribution in [0.25, 0.3) is 6.08 Å². The number of piperidine rings is 1. The molecular weight excluding hydrogens is 264 g/mol. The Morgan fingerprint density at radius 2 is 2.05 bits per heavy atom. The fourth-order valence-electron chi connectivity index (χ4n) is 2.88. The van der Waals surface area contributed by atoms with E-state index in [4.69, 9.17) is 0 Å². The van der Waals surface area contributed by atoms with Crippen LogP contribution in [0.2, 0.25) is 0 Å². The molecule has 2 rings (SSSR count). The molecule has 1 heterocycles. The fraction of sp³-hybridized carbons (Fsp3) is 0.412. The van der Waals surface area contributed by atoms with Gasteiger partial charge in [0.2, 0.25) is 0 Å². The number of nitrogens with zero attached hydrogens (tertiary/aromatic N) is 2. The van der Waals surface area contributed by atoms with Crippen molar-refractivity contribution >= 4 is 12.0 Å². The van der Waals surface area contributed by atoms with Crippen molar-refractivity contribution in [3.05, 3.63) is 35.4 Å². The second-order valence-electron chi connectivity index (χ2n) is 5.61. The molecule has 1 fully saturated rings. The Hall–Kier alpha value is -2.28. The number of hydrogen-bond donors (Lipinski definition) is 1. The van der Waals surface area contributed by atoms with E-state index in [9.17, 15) is 15.2 Å². The molecule has 1 aromatic carbocycles. The minimum atomic E-state index is -0.222. The minimum absolute atomic E-state index is 0.112. The Morgan fingerprint density at radius 1 is 1.38 bits per heavy atom. The van der Waals surface area contributed by atoms with Gasteiger partial charge >= 0.3 is 0 Å². The number of nitriles is 1. The second kappa shape index (κ2) is 6.45. The standard InChI is InChI=1S/C17H20N2O2/c1-12-5-3-6-13(2)19(12)17(21)15(11-18)9-14-7-4-8-16(20)10-14/h4,7-10,12-13,20H,3,5-6H2,1-2H3/b15-9+. The minimum Gasteiger partial charge on any atom is -0.508 e. The van der Waals surface area contributed by atoms with Crippen LogP contribution in [0.4, 0.5) is 0 Å². The smallest absolute Gasteiger partial charge is 0.265 e. The summed E-state index contributed by atoms with van der Waals surface area (Å²) >= 11 is 0. The highest BCUT2D eigenvalue weighted by atomic mass is 16.3. The third-order valence-electron chi connectivity index (χ3n) is 3.96. The quantitative estimate of drug-likeness (QED) is 0.670. The summed E-state index contributed by atoms with van der Waals surface area (Å²) in [7, 11) is 0. The molecule has 1 aliphatic rings. The number of benzene rings is 1. The maximum atomic E-state index is 12.6. The molecule has 0 aromatic heterocycles. The van der Waals surface area contributed by atoms with Crippen molar-refractivity contribution in [1.82, 2.24) is 4.90 Å². The first-order valence-electron chi connectivity index (χ1n) is 7.26. The molecule has 0 radical (unpaired) electrons. The highest BCUT2D eigenvalue weighted by Crippen LogP contribution is 2.25. The Morgan fingerprint density at radius 3 is 2.62 bits per heavy atom. The second-order valence-corrected chi connectivity index (χ2v) is 5.61. The Kier molecular flexibility index (Phi) is 4.64. The van der Waals surface area contributed by atoms with Crippen molar-refractivity contribution < 1.29 is 9.90 Å². The predicted molar refractivity (Wildman–Crippen MR) is 81.3 cm³/mol. The number of hydrogen-bond acceptors (Lipinski definition) is 3. The zero-order valence-corrected chi connectivity index (χ0v) is 12.4. The summed E-state index contributed by atoms with van der Waals surface area (Å²) in [6, 6.07) is 8.84. The van der Waals surface area contributed by atoms with Crippen LogP contribution in [-0.4, -0.2) is 28.0 Å². The Bertz CT molecular complexity index is 591. The van der Waals surface area contributed by atoms with Crippen LogP contribution in [0.1, 0.15) is 38.7 Å². The van der Waals surface area contributed by atoms with Crippen molar-refractivity contribution in [1.29, 1.82) is 5.26 Å². The molecule has 2 unspecified atom stereocenters. The maximum absolute atomic E-state index is 12.6. The van der Waals surface area contributed by atoms with E-state index in [-0.39, 0.29) is 29.3 Å². The summed E-state index contributed by atoms with van der Waals surface area (Å²) in [5, 5.41) is 18.8. The zero-order valence-electron chi connectivity index (χ0n) is 12.4. The lowest BCUT2D eigenvalue weighted by molar-refractivity contribution is -0.132. The monoisotopic (exact) mass is 284 g/mol. The van der Waals surface area contributed by atoms with E-state index in [2.05, 4.69) is 0 Å². The van der Waals surface area contributed by atoms with Gasteiger partial charge in [-0.25, -0.2) is 0 Å². The molecule has 21 heavy (non-hydrogen) atoms. The molecule has 2 atom stereocenters. The molecule has 0 spiro atoms. The molecule has 1 N–H and O–H groups in total. The number of carbonyl (C=O) groups excluding carboxylic acids is 1. The predicted octanol–water partition coefficient (Wildman–Crippen LogP) is 3.09. The summed E-state index contributed by atoms with van der Waals surface area (Å²) in [5.74, 6) is -0.103. The highest BCUT2D eigenvalue weighted by Gasteiger charge is 2.30. The van der Waals surface area contributed by atoms with Gasteiger partial charge in [-0.2, -0.15) is 5.26 Å². The molecule has 0 aliphatic carbocycles. The summed E-state index contributed by atoms with van der Waals surface area (Å²) in [6.07, 6.45) is 4.60. The SMILES string of the molecule is CC1CCCC(C)N1C(=O)/C(C#N)=C/c1cccc(O)c1. The fourth-order valence-corrected chi connectivity index (χ4v) is 2.88. The lowest BCUT2D eigenvalue weighted by Crippen LogP contribution is -2.47. The first-order valence-corrected chi connectivity index (χ1v) is 7.26. The first kappa shape index (κ1) is 15.1. The highest BCUT2D eigenvalue weighted by molar-refractivity contribution is 6.02. The van der Waals surface area contributed by atoms with E-state index >= 15 is 0 Å². The number of rotatable bonds is 2. The van der Waals surface area contributed by atoms with E-state index in [1.54, 1.807) is 23.1 Å². The third-order valence-corrected chi connectivity index (χ3v) is 3.96. The number of likely N-dealkylation sites (tertiary alicyclic amines) is 1. The van der Waals surface area contributed by atoms with Gasteiger partial charge in [-0.3, -0.25) is 4.79 Å². The number of phenolic OH excluding ortho intramolecular Hbond substituents is 1. The van der Waals surface area contributed by atoms with Crippen LogP contribution in [0.15, 0.2) is 29.8 Å². The molecule has 0 saturated carbocycles. The van der Waals surface area contributed by atoms with Crippen molar-refractivity contribution in [2.24, 2.45) is 0 Å². The van der Waals surface area contributed by atoms with E-state index < -0.39 is 0 Å². The largest absolute Gasteiger partial charge is 0.508 e. The molecule has 110 valence electrons. The van der Waals surface area contributed by atoms with Crippen molar-refractivity contribution in [2.45, 2.75) is 45.2 Å². The summed E-state index contributed by atoms with van der Waals surface area (Å²) < 4.78 is 0. The average Bonchev–Trinajstić information content (AvgIpc) is 2.44. The topological polar surface area (TPSA) is 64.3 Å². The van der Waals surface area contributed by atoms with Gasteiger partial charge < -0.3 is 10.0 Å². The van der Waals surface area contributed by atoms with E-state index in [1.165, 1.54) is 12.1 Å². The molecule has 4 heteroatoms. The number of carbonyl (C=O) groups is 1. The number of amides is 1. The lowest BCUT2D eigenvalue weighted by atomic mass is 9.96. The van der Waals surface area contributed by atoms with Crippen molar-refractivity contribution in [3.8, 4) is 11.8 Å². The van der Waals surface area contributed by atoms with Gasteiger partial charge in [-0.1, -0.05) is 12.1 Å². The van der Waals surface area contributed by atoms with Gasteiger partial charge in [0.15, 0.2) is 0 Å². The van der Waals surface area contributed by atoms with Crippen LogP contribution in [0.5, 0.6) is 5.75 Å². The van der Waals surface area contributed by atoms with Crippen LogP contribution in [0.3, 0.4) is 0 Å². The van der Waals surface area contributed by atoms with Crippen LogP contribution < -0.4 is 0 Å². The van der Waals surface area contributed by atoms with Gasteiger partial charge in [0.05, 0.1) is 0 Å². The maximum Gasteiger partial charge on any atom is 0.265 e. The molecule has 1 aromatic rings. The van der Waals surface area contributed by atoms with Gasteiger partial charge in [0.1, 0.15) is 17.4 Å². The summed E-state index contributed by atoms with van der Waals surface area (Å²) in [5.41, 5.74) is 0.762. The third kappa shape index (κ3) is 3.43. The molecule has 4 nitrogen and oxygen atoms in total. The molecule has 1 saturated heterocycles. The molecule has 1 aliphatic heterocycles. The number of phenols is 1. The average molecular weight is 284 g/mol. The first-order chi connectivity index (χ1) is 10.0. The number of aromatic hydroxyl groups is 1. The van der Waals surface area contributed by atoms with Crippen LogP contribution in [-0.2, 0) is 4.79 Å². The molecule has 1 amide bonds. The van der Waals surface area contributed by atoms with Gasteiger partial charge in [0.25, 0.3) is 5.91 Å². The van der Waals surface area contributed by atoms with E-state index in [0.29, 0.717) is 5.56 Å². The lowest BCUT2D eigenvalue weighted by Gasteiger charge is -2.38.